The second-order valence-electron chi connectivity index (χ2n) is 4.77. The normalized spacial score (nSPS) is 10.4. The SMILES string of the molecule is NC(=O)c1ccc(NC(=S)NC(=O)/C=C/c2ccc(Cl)cc2)cc1. The Hall–Kier alpha value is -2.70. The van der Waals surface area contributed by atoms with Crippen LogP contribution in [0.25, 0.3) is 6.08 Å². The van der Waals surface area contributed by atoms with Crippen LogP contribution in [0.3, 0.4) is 0 Å². The van der Waals surface area contributed by atoms with Gasteiger partial charge in [-0.3, -0.25) is 14.9 Å². The third-order valence-electron chi connectivity index (χ3n) is 2.96. The van der Waals surface area contributed by atoms with Gasteiger partial charge in [-0.2, -0.15) is 0 Å². The zero-order valence-corrected chi connectivity index (χ0v) is 14.0. The minimum atomic E-state index is -0.509. The standard InChI is InChI=1S/C17H14ClN3O2S/c18-13-6-1-11(2-7-13)3-10-15(22)21-17(24)20-14-8-4-12(5-9-14)16(19)23/h1-10H,(H2,19,23)(H2,20,21,22,24)/b10-3+. The molecule has 2 aromatic rings. The van der Waals surface area contributed by atoms with Crippen LogP contribution < -0.4 is 16.4 Å². The van der Waals surface area contributed by atoms with Crippen LogP contribution in [0.5, 0.6) is 0 Å². The van der Waals surface area contributed by atoms with Crippen molar-refractivity contribution in [3.8, 4) is 0 Å². The fraction of sp³-hybridized carbons (Fsp3) is 0. The third-order valence-corrected chi connectivity index (χ3v) is 3.42. The molecule has 0 unspecified atom stereocenters. The number of halogens is 1. The Morgan fingerprint density at radius 3 is 2.25 bits per heavy atom. The summed E-state index contributed by atoms with van der Waals surface area (Å²) in [6.07, 6.45) is 3.02. The van der Waals surface area contributed by atoms with Crippen LogP contribution in [-0.4, -0.2) is 16.9 Å². The number of thiocarbonyl (C=S) groups is 1. The summed E-state index contributed by atoms with van der Waals surface area (Å²) in [5, 5.41) is 6.14. The summed E-state index contributed by atoms with van der Waals surface area (Å²) in [4.78, 5) is 22.8. The number of nitrogens with one attached hydrogen (secondary N) is 2. The van der Waals surface area contributed by atoms with E-state index in [2.05, 4.69) is 10.6 Å². The minimum absolute atomic E-state index is 0.146. The van der Waals surface area contributed by atoms with Crippen molar-refractivity contribution in [2.24, 2.45) is 5.73 Å². The van der Waals surface area contributed by atoms with Crippen molar-refractivity contribution in [3.63, 3.8) is 0 Å². The Morgan fingerprint density at radius 1 is 1.04 bits per heavy atom. The van der Waals surface area contributed by atoms with Crippen molar-refractivity contribution in [2.75, 3.05) is 5.32 Å². The van der Waals surface area contributed by atoms with Gasteiger partial charge in [-0.1, -0.05) is 23.7 Å². The summed E-state index contributed by atoms with van der Waals surface area (Å²) in [6, 6.07) is 13.5. The van der Waals surface area contributed by atoms with Gasteiger partial charge in [-0.25, -0.2) is 0 Å². The number of amides is 2. The first-order valence-electron chi connectivity index (χ1n) is 6.89. The Labute approximate surface area is 149 Å². The highest BCUT2D eigenvalue weighted by molar-refractivity contribution is 7.80. The van der Waals surface area contributed by atoms with Gasteiger partial charge in [0.1, 0.15) is 0 Å². The lowest BCUT2D eigenvalue weighted by Crippen LogP contribution is -2.32. The van der Waals surface area contributed by atoms with Gasteiger partial charge in [-0.15, -0.1) is 0 Å². The summed E-state index contributed by atoms with van der Waals surface area (Å²) >= 11 is 10.9. The highest BCUT2D eigenvalue weighted by Gasteiger charge is 2.03. The fourth-order valence-corrected chi connectivity index (χ4v) is 2.12. The first kappa shape index (κ1) is 17.7. The number of primary amides is 1. The first-order valence-corrected chi connectivity index (χ1v) is 7.68. The van der Waals surface area contributed by atoms with Crippen molar-refractivity contribution >= 4 is 52.5 Å². The number of carbonyl (C=O) groups is 2. The van der Waals surface area contributed by atoms with Crippen LogP contribution in [0.15, 0.2) is 54.6 Å². The van der Waals surface area contributed by atoms with E-state index >= 15 is 0 Å². The molecule has 2 aromatic carbocycles. The molecule has 7 heteroatoms. The van der Waals surface area contributed by atoms with Crippen LogP contribution >= 0.6 is 23.8 Å². The molecule has 24 heavy (non-hydrogen) atoms. The predicted octanol–water partition coefficient (Wildman–Crippen LogP) is 2.97. The second-order valence-corrected chi connectivity index (χ2v) is 5.61. The largest absolute Gasteiger partial charge is 0.366 e. The molecular formula is C17H14ClN3O2S. The lowest BCUT2D eigenvalue weighted by Gasteiger charge is -2.08. The predicted molar refractivity (Wildman–Crippen MR) is 99.8 cm³/mol. The molecule has 0 atom stereocenters. The maximum atomic E-state index is 11.8. The maximum absolute atomic E-state index is 11.8. The molecule has 0 aliphatic heterocycles. The van der Waals surface area contributed by atoms with E-state index in [1.165, 1.54) is 6.08 Å². The van der Waals surface area contributed by atoms with E-state index in [0.29, 0.717) is 16.3 Å². The summed E-state index contributed by atoms with van der Waals surface area (Å²) < 4.78 is 0. The van der Waals surface area contributed by atoms with Gasteiger partial charge in [0.25, 0.3) is 0 Å². The number of hydrogen-bond acceptors (Lipinski definition) is 3. The molecule has 2 rings (SSSR count). The van der Waals surface area contributed by atoms with Crippen LogP contribution in [0.4, 0.5) is 5.69 Å². The van der Waals surface area contributed by atoms with E-state index in [0.717, 1.165) is 5.56 Å². The lowest BCUT2D eigenvalue weighted by atomic mass is 10.2. The summed E-state index contributed by atoms with van der Waals surface area (Å²) in [5.74, 6) is -0.874. The Morgan fingerprint density at radius 2 is 1.67 bits per heavy atom. The highest BCUT2D eigenvalue weighted by Crippen LogP contribution is 2.11. The average Bonchev–Trinajstić information content (AvgIpc) is 2.54. The molecule has 4 N–H and O–H groups in total. The third kappa shape index (κ3) is 5.49. The van der Waals surface area contributed by atoms with E-state index in [-0.39, 0.29) is 11.0 Å². The number of hydrogen-bond donors (Lipinski definition) is 3. The minimum Gasteiger partial charge on any atom is -0.366 e. The molecule has 0 aliphatic carbocycles. The van der Waals surface area contributed by atoms with Crippen molar-refractivity contribution in [1.29, 1.82) is 0 Å². The molecule has 0 radical (unpaired) electrons. The van der Waals surface area contributed by atoms with E-state index in [1.807, 2.05) is 0 Å². The summed E-state index contributed by atoms with van der Waals surface area (Å²) in [5.41, 5.74) is 7.03. The smallest absolute Gasteiger partial charge is 0.250 e. The van der Waals surface area contributed by atoms with Crippen molar-refractivity contribution in [3.05, 3.63) is 70.8 Å². The molecule has 0 saturated heterocycles. The molecule has 0 heterocycles. The molecule has 2 amide bonds. The number of benzene rings is 2. The highest BCUT2D eigenvalue weighted by atomic mass is 35.5. The quantitative estimate of drug-likeness (QED) is 0.579. The van der Waals surface area contributed by atoms with Gasteiger partial charge >= 0.3 is 0 Å². The second kappa shape index (κ2) is 8.24. The number of carbonyl (C=O) groups excluding carboxylic acids is 2. The Kier molecular flexibility index (Phi) is 6.06. The van der Waals surface area contributed by atoms with Gasteiger partial charge in [-0.05, 0) is 60.3 Å². The lowest BCUT2D eigenvalue weighted by molar-refractivity contribution is -0.115. The van der Waals surface area contributed by atoms with E-state index in [1.54, 1.807) is 54.6 Å². The van der Waals surface area contributed by atoms with Gasteiger partial charge in [0, 0.05) is 22.3 Å². The summed E-state index contributed by atoms with van der Waals surface area (Å²) in [7, 11) is 0. The molecule has 122 valence electrons. The molecule has 0 saturated carbocycles. The molecule has 0 aliphatic rings. The van der Waals surface area contributed by atoms with Gasteiger partial charge in [0.15, 0.2) is 5.11 Å². The summed E-state index contributed by atoms with van der Waals surface area (Å²) in [6.45, 7) is 0. The number of rotatable bonds is 4. The monoisotopic (exact) mass is 359 g/mol. The number of anilines is 1. The van der Waals surface area contributed by atoms with Gasteiger partial charge in [0.05, 0.1) is 0 Å². The Balaban J connectivity index is 1.88. The first-order chi connectivity index (χ1) is 11.4. The molecule has 0 fully saturated rings. The fourth-order valence-electron chi connectivity index (χ4n) is 1.78. The molecule has 0 bridgehead atoms. The Bertz CT molecular complexity index is 786. The van der Waals surface area contributed by atoms with Crippen molar-refractivity contribution in [1.82, 2.24) is 5.32 Å². The molecular weight excluding hydrogens is 346 g/mol. The van der Waals surface area contributed by atoms with Crippen molar-refractivity contribution < 1.29 is 9.59 Å². The molecule has 5 nitrogen and oxygen atoms in total. The van der Waals surface area contributed by atoms with Crippen LogP contribution in [0, 0.1) is 0 Å². The number of nitrogens with two attached hydrogens (primary N) is 1. The zero-order valence-electron chi connectivity index (χ0n) is 12.5. The van der Waals surface area contributed by atoms with Crippen LogP contribution in [0.2, 0.25) is 5.02 Å². The average molecular weight is 360 g/mol. The van der Waals surface area contributed by atoms with E-state index in [9.17, 15) is 9.59 Å². The molecule has 0 spiro atoms. The van der Waals surface area contributed by atoms with E-state index < -0.39 is 5.91 Å². The maximum Gasteiger partial charge on any atom is 0.250 e. The molecule has 0 aromatic heterocycles. The zero-order chi connectivity index (χ0) is 17.5. The van der Waals surface area contributed by atoms with Gasteiger partial charge < -0.3 is 11.1 Å². The van der Waals surface area contributed by atoms with E-state index in [4.69, 9.17) is 29.6 Å². The van der Waals surface area contributed by atoms with Crippen LogP contribution in [0.1, 0.15) is 15.9 Å². The van der Waals surface area contributed by atoms with Gasteiger partial charge in [0.2, 0.25) is 11.8 Å². The topological polar surface area (TPSA) is 84.2 Å². The van der Waals surface area contributed by atoms with Crippen LogP contribution in [-0.2, 0) is 4.79 Å². The van der Waals surface area contributed by atoms with Crippen molar-refractivity contribution in [2.45, 2.75) is 0 Å².